The molecule has 326 valence electrons. The Morgan fingerprint density at radius 3 is 1.49 bits per heavy atom. The van der Waals surface area contributed by atoms with E-state index in [2.05, 4.69) is 205 Å². The van der Waals surface area contributed by atoms with Crippen LogP contribution in [0.15, 0.2) is 241 Å². The van der Waals surface area contributed by atoms with E-state index in [-0.39, 0.29) is 0 Å². The summed E-state index contributed by atoms with van der Waals surface area (Å²) in [5, 5.41) is 7.94. The van der Waals surface area contributed by atoms with E-state index in [9.17, 15) is 0 Å². The van der Waals surface area contributed by atoms with Crippen molar-refractivity contribution in [1.82, 2.24) is 24.5 Å². The third-order valence-corrected chi connectivity index (χ3v) is 13.6. The molecule has 0 saturated heterocycles. The maximum Gasteiger partial charge on any atom is 0.164 e. The van der Waals surface area contributed by atoms with Crippen LogP contribution in [0.1, 0.15) is 0 Å². The minimum Gasteiger partial charge on any atom is -0.456 e. The lowest BCUT2D eigenvalue weighted by Crippen LogP contribution is -2.00. The highest BCUT2D eigenvalue weighted by Crippen LogP contribution is 2.46. The highest BCUT2D eigenvalue weighted by Gasteiger charge is 2.22. The number of para-hydroxylation sites is 4. The topological polar surface area (TPSA) is 69.6 Å². The van der Waals surface area contributed by atoms with E-state index in [0.29, 0.717) is 17.5 Å². The third kappa shape index (κ3) is 6.49. The fraction of sp³-hybridized carbons (Fsp3) is 0. The summed E-state index contributed by atoms with van der Waals surface area (Å²) in [6.07, 6.45) is 0. The second-order valence-electron chi connectivity index (χ2n) is 17.7. The van der Waals surface area contributed by atoms with Gasteiger partial charge in [0.05, 0.1) is 22.2 Å². The zero-order chi connectivity index (χ0) is 46.1. The molecule has 14 aromatic rings. The molecule has 6 heteroatoms. The Morgan fingerprint density at radius 1 is 0.300 bits per heavy atom. The molecule has 0 spiro atoms. The molecule has 0 bridgehead atoms. The molecule has 0 radical (unpaired) electrons. The molecule has 4 heterocycles. The van der Waals surface area contributed by atoms with Crippen LogP contribution in [-0.2, 0) is 0 Å². The summed E-state index contributed by atoms with van der Waals surface area (Å²) < 4.78 is 8.97. The minimum atomic E-state index is 0.596. The molecule has 0 N–H and O–H groups in total. The summed E-state index contributed by atoms with van der Waals surface area (Å²) in [6, 6.07) is 82.6. The molecular formula is C64H39N5O. The molecular weight excluding hydrogens is 855 g/mol. The summed E-state index contributed by atoms with van der Waals surface area (Å²) in [4.78, 5) is 20.8. The molecule has 0 aliphatic rings. The van der Waals surface area contributed by atoms with Crippen LogP contribution >= 0.6 is 0 Å². The van der Waals surface area contributed by atoms with Gasteiger partial charge in [0.25, 0.3) is 0 Å². The second kappa shape index (κ2) is 16.1. The summed E-state index contributed by atoms with van der Waals surface area (Å²) in [5.41, 5.74) is 15.0. The highest BCUT2D eigenvalue weighted by atomic mass is 16.3. The van der Waals surface area contributed by atoms with Gasteiger partial charge in [-0.2, -0.15) is 0 Å². The fourth-order valence-corrected chi connectivity index (χ4v) is 10.4. The zero-order valence-corrected chi connectivity index (χ0v) is 37.7. The minimum absolute atomic E-state index is 0.596. The van der Waals surface area contributed by atoms with E-state index in [1.807, 2.05) is 36.4 Å². The molecule has 0 aliphatic carbocycles. The second-order valence-corrected chi connectivity index (χ2v) is 17.7. The van der Waals surface area contributed by atoms with Crippen LogP contribution in [0.4, 0.5) is 0 Å². The number of hydrogen-bond donors (Lipinski definition) is 0. The van der Waals surface area contributed by atoms with Gasteiger partial charge in [-0.3, -0.25) is 0 Å². The molecule has 0 fully saturated rings. The van der Waals surface area contributed by atoms with Crippen molar-refractivity contribution in [3.05, 3.63) is 237 Å². The first-order valence-corrected chi connectivity index (χ1v) is 23.5. The van der Waals surface area contributed by atoms with Gasteiger partial charge in [0.1, 0.15) is 11.2 Å². The average Bonchev–Trinajstić information content (AvgIpc) is 3.98. The quantitative estimate of drug-likeness (QED) is 0.149. The predicted molar refractivity (Wildman–Crippen MR) is 287 cm³/mol. The number of fused-ring (bicyclic) bond motifs is 9. The number of hydrogen-bond acceptors (Lipinski definition) is 5. The monoisotopic (exact) mass is 893 g/mol. The SMILES string of the molecule is c1ccc(-c2nc(-c3ccc(-n4c5ccccc5c5ccccc54)cc3)nc(-c3cccc(-c4cccc(-c5nc6ccccc6c6c(-c7ccccc7)c7c(cc56)oc5ccccc57)c4)c3)n2)cc1. The van der Waals surface area contributed by atoms with Gasteiger partial charge < -0.3 is 8.98 Å². The summed E-state index contributed by atoms with van der Waals surface area (Å²) in [6.45, 7) is 0. The Morgan fingerprint density at radius 2 is 0.800 bits per heavy atom. The van der Waals surface area contributed by atoms with Crippen LogP contribution < -0.4 is 0 Å². The lowest BCUT2D eigenvalue weighted by Gasteiger charge is -2.16. The number of pyridine rings is 1. The molecule has 0 unspecified atom stereocenters. The Labute approximate surface area is 402 Å². The lowest BCUT2D eigenvalue weighted by atomic mass is 9.89. The average molecular weight is 894 g/mol. The Hall–Kier alpha value is -9.52. The van der Waals surface area contributed by atoms with Crippen LogP contribution in [0.2, 0.25) is 0 Å². The van der Waals surface area contributed by atoms with E-state index in [1.54, 1.807) is 0 Å². The van der Waals surface area contributed by atoms with Crippen molar-refractivity contribution in [2.24, 2.45) is 0 Å². The summed E-state index contributed by atoms with van der Waals surface area (Å²) in [7, 11) is 0. The standard InChI is InChI=1S/C64H39N5O/c1-3-17-40(18-4-1)58-59-50-27-7-11-29-53(50)65-61(52(59)39-57-60(58)51-28-10-14-32-56(51)70-57)45-23-15-21-43(37-45)44-22-16-24-46(38-44)64-67-62(41-19-5-2-6-20-41)66-63(68-64)42-33-35-47(36-34-42)69-54-30-12-8-25-48(54)49-26-9-13-31-55(49)69/h1-39H. The molecule has 6 nitrogen and oxygen atoms in total. The number of furan rings is 1. The molecule has 4 aromatic heterocycles. The summed E-state index contributed by atoms with van der Waals surface area (Å²) in [5.74, 6) is 1.81. The number of aromatic nitrogens is 5. The van der Waals surface area contributed by atoms with E-state index in [1.165, 1.54) is 21.8 Å². The van der Waals surface area contributed by atoms with Gasteiger partial charge in [-0.15, -0.1) is 0 Å². The molecule has 0 atom stereocenters. The van der Waals surface area contributed by atoms with E-state index < -0.39 is 0 Å². The first kappa shape index (κ1) is 39.6. The summed E-state index contributed by atoms with van der Waals surface area (Å²) >= 11 is 0. The van der Waals surface area contributed by atoms with Crippen LogP contribution in [0.5, 0.6) is 0 Å². The van der Waals surface area contributed by atoms with Gasteiger partial charge in [0.2, 0.25) is 0 Å². The van der Waals surface area contributed by atoms with Gasteiger partial charge in [0, 0.05) is 71.2 Å². The Kier molecular flexibility index (Phi) is 9.10. The van der Waals surface area contributed by atoms with Crippen molar-refractivity contribution >= 4 is 65.4 Å². The molecule has 14 rings (SSSR count). The van der Waals surface area contributed by atoms with Gasteiger partial charge in [-0.25, -0.2) is 19.9 Å². The molecule has 0 aliphatic heterocycles. The van der Waals surface area contributed by atoms with Crippen molar-refractivity contribution in [3.63, 3.8) is 0 Å². The van der Waals surface area contributed by atoms with Crippen LogP contribution in [0, 0.1) is 0 Å². The van der Waals surface area contributed by atoms with Crippen molar-refractivity contribution in [2.45, 2.75) is 0 Å². The molecule has 10 aromatic carbocycles. The van der Waals surface area contributed by atoms with Crippen molar-refractivity contribution < 1.29 is 4.42 Å². The maximum absolute atomic E-state index is 6.65. The predicted octanol–water partition coefficient (Wildman–Crippen LogP) is 16.6. The molecule has 0 amide bonds. The number of benzene rings is 10. The van der Waals surface area contributed by atoms with Crippen LogP contribution in [-0.4, -0.2) is 24.5 Å². The van der Waals surface area contributed by atoms with Crippen molar-refractivity contribution in [1.29, 1.82) is 0 Å². The largest absolute Gasteiger partial charge is 0.456 e. The van der Waals surface area contributed by atoms with E-state index >= 15 is 0 Å². The van der Waals surface area contributed by atoms with Crippen molar-refractivity contribution in [2.75, 3.05) is 0 Å². The van der Waals surface area contributed by atoms with Gasteiger partial charge in [0.15, 0.2) is 17.5 Å². The normalized spacial score (nSPS) is 11.7. The maximum atomic E-state index is 6.65. The van der Waals surface area contributed by atoms with Crippen LogP contribution in [0.3, 0.4) is 0 Å². The molecule has 70 heavy (non-hydrogen) atoms. The Bertz CT molecular complexity index is 4290. The van der Waals surface area contributed by atoms with Crippen molar-refractivity contribution in [3.8, 4) is 73.4 Å². The first-order valence-electron chi connectivity index (χ1n) is 23.5. The Balaban J connectivity index is 0.893. The van der Waals surface area contributed by atoms with Gasteiger partial charge >= 0.3 is 0 Å². The first-order chi connectivity index (χ1) is 34.7. The fourth-order valence-electron chi connectivity index (χ4n) is 10.4. The smallest absolute Gasteiger partial charge is 0.164 e. The lowest BCUT2D eigenvalue weighted by molar-refractivity contribution is 0.669. The third-order valence-electron chi connectivity index (χ3n) is 13.6. The van der Waals surface area contributed by atoms with Gasteiger partial charge in [-0.05, 0) is 83.4 Å². The molecule has 0 saturated carbocycles. The zero-order valence-electron chi connectivity index (χ0n) is 37.7. The van der Waals surface area contributed by atoms with E-state index in [4.69, 9.17) is 24.4 Å². The number of nitrogens with zero attached hydrogens (tertiary/aromatic N) is 5. The highest BCUT2D eigenvalue weighted by molar-refractivity contribution is 6.27. The van der Waals surface area contributed by atoms with E-state index in [0.717, 1.165) is 99.5 Å². The van der Waals surface area contributed by atoms with Crippen LogP contribution in [0.25, 0.3) is 139 Å². The van der Waals surface area contributed by atoms with Gasteiger partial charge in [-0.1, -0.05) is 170 Å². The number of rotatable bonds is 7.